The average Bonchev–Trinajstić information content (AvgIpc) is 3.04. The van der Waals surface area contributed by atoms with Gasteiger partial charge in [0.1, 0.15) is 5.69 Å². The van der Waals surface area contributed by atoms with Crippen molar-refractivity contribution in [2.45, 2.75) is 38.5 Å². The highest BCUT2D eigenvalue weighted by molar-refractivity contribution is 7.99. The van der Waals surface area contributed by atoms with E-state index in [0.29, 0.717) is 23.3 Å². The monoisotopic (exact) mass is 310 g/mol. The highest BCUT2D eigenvalue weighted by atomic mass is 32.2. The third-order valence-corrected chi connectivity index (χ3v) is 3.55. The molecular weight excluding hydrogens is 292 g/mol. The van der Waals surface area contributed by atoms with Gasteiger partial charge in [-0.2, -0.15) is 5.10 Å². The van der Waals surface area contributed by atoms with Gasteiger partial charge in [0, 0.05) is 11.8 Å². The van der Waals surface area contributed by atoms with Crippen LogP contribution in [0.1, 0.15) is 32.0 Å². The summed E-state index contributed by atoms with van der Waals surface area (Å²) >= 11 is 1.33. The fourth-order valence-corrected chi connectivity index (χ4v) is 2.45. The summed E-state index contributed by atoms with van der Waals surface area (Å²) in [6.07, 6.45) is 0.307. The van der Waals surface area contributed by atoms with E-state index in [9.17, 15) is 4.79 Å². The molecule has 0 saturated heterocycles. The van der Waals surface area contributed by atoms with Gasteiger partial charge in [-0.15, -0.1) is 10.2 Å². The highest BCUT2D eigenvalue weighted by Crippen LogP contribution is 2.26. The Bertz CT molecular complexity index is 621. The van der Waals surface area contributed by atoms with Crippen molar-refractivity contribution < 1.29 is 13.9 Å². The van der Waals surface area contributed by atoms with E-state index in [1.807, 2.05) is 31.5 Å². The second kappa shape index (κ2) is 6.75. The predicted molar refractivity (Wildman–Crippen MR) is 78.0 cm³/mol. The fraction of sp³-hybridized carbons (Fsp3) is 0.538. The normalized spacial score (nSPS) is 11.1. The Kier molecular flexibility index (Phi) is 5.00. The molecule has 2 rings (SSSR count). The number of esters is 1. The minimum absolute atomic E-state index is 0.205. The number of carbonyl (C=O) groups is 1. The zero-order valence-electron chi connectivity index (χ0n) is 12.5. The lowest BCUT2D eigenvalue weighted by Gasteiger charge is -2.07. The second-order valence-electron chi connectivity index (χ2n) is 4.76. The van der Waals surface area contributed by atoms with Gasteiger partial charge in [0.25, 0.3) is 11.1 Å². The highest BCUT2D eigenvalue weighted by Gasteiger charge is 2.17. The molecule has 0 aromatic carbocycles. The maximum Gasteiger partial charge on any atom is 0.306 e. The maximum absolute atomic E-state index is 11.0. The maximum atomic E-state index is 11.0. The smallest absolute Gasteiger partial charge is 0.306 e. The van der Waals surface area contributed by atoms with Crippen LogP contribution in [0, 0.1) is 6.92 Å². The minimum Gasteiger partial charge on any atom is -0.469 e. The lowest BCUT2D eigenvalue weighted by atomic mass is 10.3. The molecule has 0 N–H and O–H groups in total. The number of carbonyl (C=O) groups excluding carboxylic acids is 1. The number of hydrogen-bond acceptors (Lipinski definition) is 7. The van der Waals surface area contributed by atoms with Crippen LogP contribution >= 0.6 is 11.8 Å². The number of aryl methyl sites for hydroxylation is 1. The first kappa shape index (κ1) is 15.6. The second-order valence-corrected chi connectivity index (χ2v) is 5.80. The van der Waals surface area contributed by atoms with Gasteiger partial charge in [-0.05, 0) is 26.8 Å². The Balaban J connectivity index is 2.08. The molecule has 2 aromatic heterocycles. The first-order valence-corrected chi connectivity index (χ1v) is 7.59. The van der Waals surface area contributed by atoms with Gasteiger partial charge in [0.05, 0.1) is 19.2 Å². The van der Waals surface area contributed by atoms with Crippen LogP contribution in [0.2, 0.25) is 0 Å². The Morgan fingerprint density at radius 1 is 1.48 bits per heavy atom. The number of aromatic nitrogens is 4. The van der Waals surface area contributed by atoms with Gasteiger partial charge < -0.3 is 9.15 Å². The molecular formula is C13H18N4O3S. The van der Waals surface area contributed by atoms with E-state index in [0.717, 1.165) is 11.4 Å². The zero-order valence-corrected chi connectivity index (χ0v) is 13.3. The number of rotatable bonds is 6. The first-order chi connectivity index (χ1) is 10.0. The summed E-state index contributed by atoms with van der Waals surface area (Å²) in [4.78, 5) is 11.0. The van der Waals surface area contributed by atoms with Crippen molar-refractivity contribution in [1.29, 1.82) is 0 Å². The van der Waals surface area contributed by atoms with E-state index in [1.165, 1.54) is 18.9 Å². The molecule has 0 aliphatic heterocycles. The molecule has 0 radical (unpaired) electrons. The van der Waals surface area contributed by atoms with E-state index in [-0.39, 0.29) is 12.0 Å². The Morgan fingerprint density at radius 2 is 2.24 bits per heavy atom. The van der Waals surface area contributed by atoms with Crippen molar-refractivity contribution in [3.8, 4) is 11.6 Å². The lowest BCUT2D eigenvalue weighted by Crippen LogP contribution is -2.04. The molecule has 0 amide bonds. The quantitative estimate of drug-likeness (QED) is 0.598. The van der Waals surface area contributed by atoms with Gasteiger partial charge >= 0.3 is 5.97 Å². The van der Waals surface area contributed by atoms with Crippen molar-refractivity contribution >= 4 is 17.7 Å². The summed E-state index contributed by atoms with van der Waals surface area (Å²) in [6, 6.07) is 2.12. The van der Waals surface area contributed by atoms with Crippen molar-refractivity contribution in [3.63, 3.8) is 0 Å². The third kappa shape index (κ3) is 3.84. The van der Waals surface area contributed by atoms with Crippen molar-refractivity contribution in [2.24, 2.45) is 0 Å². The van der Waals surface area contributed by atoms with Crippen LogP contribution in [0.5, 0.6) is 0 Å². The molecule has 8 heteroatoms. The van der Waals surface area contributed by atoms with Gasteiger partial charge in [0.2, 0.25) is 0 Å². The molecule has 0 aliphatic rings. The molecule has 2 aromatic rings. The average molecular weight is 310 g/mol. The van der Waals surface area contributed by atoms with Gasteiger partial charge in [-0.1, -0.05) is 11.8 Å². The van der Waals surface area contributed by atoms with Gasteiger partial charge in [-0.25, -0.2) is 0 Å². The summed E-state index contributed by atoms with van der Waals surface area (Å²) in [5.74, 6) is 0.720. The number of nitrogens with zero attached hydrogens (tertiary/aromatic N) is 4. The first-order valence-electron chi connectivity index (χ1n) is 6.61. The minimum atomic E-state index is -0.254. The van der Waals surface area contributed by atoms with Crippen LogP contribution in [0.4, 0.5) is 0 Å². The number of thioether (sulfide) groups is 1. The zero-order chi connectivity index (χ0) is 15.4. The largest absolute Gasteiger partial charge is 0.469 e. The van der Waals surface area contributed by atoms with E-state index in [2.05, 4.69) is 20.0 Å². The predicted octanol–water partition coefficient (Wildman–Crippen LogP) is 2.48. The molecule has 0 fully saturated rings. The van der Waals surface area contributed by atoms with Crippen LogP contribution in [0.15, 0.2) is 15.7 Å². The van der Waals surface area contributed by atoms with Crippen molar-refractivity contribution in [1.82, 2.24) is 20.0 Å². The van der Waals surface area contributed by atoms with Crippen LogP contribution < -0.4 is 0 Å². The molecule has 21 heavy (non-hydrogen) atoms. The lowest BCUT2D eigenvalue weighted by molar-refractivity contribution is -0.140. The summed E-state index contributed by atoms with van der Waals surface area (Å²) in [5.41, 5.74) is 1.70. The van der Waals surface area contributed by atoms with E-state index < -0.39 is 0 Å². The molecule has 0 unspecified atom stereocenters. The molecule has 0 atom stereocenters. The van der Waals surface area contributed by atoms with Gasteiger partial charge in [-0.3, -0.25) is 9.48 Å². The Hall–Kier alpha value is -1.83. The van der Waals surface area contributed by atoms with Crippen LogP contribution in [0.25, 0.3) is 11.6 Å². The van der Waals surface area contributed by atoms with Crippen molar-refractivity contribution in [2.75, 3.05) is 12.9 Å². The summed E-state index contributed by atoms with van der Waals surface area (Å²) in [6.45, 7) is 6.00. The standard InChI is InChI=1S/C13H18N4O3S/c1-8(2)17-10(7-9(3)16-17)12-14-15-13(20-12)21-6-5-11(18)19-4/h7-8H,5-6H2,1-4H3. The molecule has 0 bridgehead atoms. The molecule has 0 spiro atoms. The van der Waals surface area contributed by atoms with Crippen LogP contribution in [0.3, 0.4) is 0 Å². The van der Waals surface area contributed by atoms with Crippen LogP contribution in [-0.4, -0.2) is 38.8 Å². The third-order valence-electron chi connectivity index (χ3n) is 2.73. The summed E-state index contributed by atoms with van der Waals surface area (Å²) < 4.78 is 12.0. The number of methoxy groups -OCH3 is 1. The summed E-state index contributed by atoms with van der Waals surface area (Å²) in [5, 5.41) is 12.9. The molecule has 7 nitrogen and oxygen atoms in total. The Morgan fingerprint density at radius 3 is 2.90 bits per heavy atom. The van der Waals surface area contributed by atoms with Crippen LogP contribution in [-0.2, 0) is 9.53 Å². The van der Waals surface area contributed by atoms with Gasteiger partial charge in [0.15, 0.2) is 0 Å². The Labute approximate surface area is 127 Å². The SMILES string of the molecule is COC(=O)CCSc1nnc(-c2cc(C)nn2C(C)C)o1. The number of ether oxygens (including phenoxy) is 1. The van der Waals surface area contributed by atoms with E-state index in [4.69, 9.17) is 4.42 Å². The molecule has 0 aliphatic carbocycles. The summed E-state index contributed by atoms with van der Waals surface area (Å²) in [7, 11) is 1.37. The molecule has 114 valence electrons. The molecule has 0 saturated carbocycles. The van der Waals surface area contributed by atoms with E-state index in [1.54, 1.807) is 0 Å². The number of hydrogen-bond donors (Lipinski definition) is 0. The van der Waals surface area contributed by atoms with E-state index >= 15 is 0 Å². The molecule has 2 heterocycles. The fourth-order valence-electron chi connectivity index (χ4n) is 1.77. The van der Waals surface area contributed by atoms with Crippen molar-refractivity contribution in [3.05, 3.63) is 11.8 Å². The topological polar surface area (TPSA) is 83.0 Å².